The van der Waals surface area contributed by atoms with Crippen molar-refractivity contribution in [3.05, 3.63) is 18.1 Å². The number of aromatic carboxylic acids is 1. The van der Waals surface area contributed by atoms with E-state index < -0.39 is 18.7 Å². The SMILES string of the molecule is Cn1ccnc1-c1c(C(=O)O)nnn1CC(O)CO. The molecule has 0 aliphatic rings. The Kier molecular flexibility index (Phi) is 3.58. The van der Waals surface area contributed by atoms with Crippen LogP contribution in [0.3, 0.4) is 0 Å². The maximum atomic E-state index is 11.1. The van der Waals surface area contributed by atoms with E-state index in [9.17, 15) is 9.90 Å². The highest BCUT2D eigenvalue weighted by molar-refractivity contribution is 5.91. The van der Waals surface area contributed by atoms with E-state index >= 15 is 0 Å². The molecule has 3 N–H and O–H groups in total. The minimum Gasteiger partial charge on any atom is -0.476 e. The van der Waals surface area contributed by atoms with E-state index in [1.807, 2.05) is 0 Å². The zero-order valence-corrected chi connectivity index (χ0v) is 10.1. The Morgan fingerprint density at radius 3 is 2.79 bits per heavy atom. The summed E-state index contributed by atoms with van der Waals surface area (Å²) in [5.41, 5.74) is -0.0630. The Morgan fingerprint density at radius 1 is 1.53 bits per heavy atom. The third-order valence-electron chi connectivity index (χ3n) is 2.57. The van der Waals surface area contributed by atoms with E-state index in [-0.39, 0.29) is 17.9 Å². The lowest BCUT2D eigenvalue weighted by molar-refractivity contribution is 0.0690. The molecule has 1 unspecified atom stereocenters. The standard InChI is InChI=1S/C10H13N5O4/c1-14-3-2-11-9(14)8-7(10(18)19)12-13-15(8)4-6(17)5-16/h2-3,6,16-17H,4-5H2,1H3,(H,18,19). The van der Waals surface area contributed by atoms with Gasteiger partial charge < -0.3 is 19.9 Å². The monoisotopic (exact) mass is 267 g/mol. The number of aliphatic hydroxyl groups is 2. The fraction of sp³-hybridized carbons (Fsp3) is 0.400. The van der Waals surface area contributed by atoms with Crippen LogP contribution in [-0.2, 0) is 13.6 Å². The predicted octanol–water partition coefficient (Wildman–Crippen LogP) is -1.27. The van der Waals surface area contributed by atoms with Crippen LogP contribution in [-0.4, -0.2) is 58.5 Å². The second kappa shape index (κ2) is 5.16. The lowest BCUT2D eigenvalue weighted by Crippen LogP contribution is -2.22. The number of imidazole rings is 1. The zero-order chi connectivity index (χ0) is 14.0. The quantitative estimate of drug-likeness (QED) is 0.616. The van der Waals surface area contributed by atoms with Gasteiger partial charge in [-0.3, -0.25) is 0 Å². The average molecular weight is 267 g/mol. The van der Waals surface area contributed by atoms with Gasteiger partial charge in [0, 0.05) is 19.4 Å². The molecule has 0 fully saturated rings. The van der Waals surface area contributed by atoms with Crippen LogP contribution in [0.5, 0.6) is 0 Å². The summed E-state index contributed by atoms with van der Waals surface area (Å²) in [5.74, 6) is -0.865. The van der Waals surface area contributed by atoms with Crippen LogP contribution in [0.4, 0.5) is 0 Å². The molecule has 0 amide bonds. The molecule has 2 aromatic rings. The fourth-order valence-electron chi connectivity index (χ4n) is 1.66. The van der Waals surface area contributed by atoms with E-state index in [0.717, 1.165) is 0 Å². The molecule has 0 saturated carbocycles. The van der Waals surface area contributed by atoms with Crippen LogP contribution in [0.25, 0.3) is 11.5 Å². The number of carbonyl (C=O) groups is 1. The van der Waals surface area contributed by atoms with Gasteiger partial charge in [0.1, 0.15) is 5.69 Å². The summed E-state index contributed by atoms with van der Waals surface area (Å²) in [7, 11) is 1.70. The first kappa shape index (κ1) is 13.2. The second-order valence-corrected chi connectivity index (χ2v) is 3.97. The van der Waals surface area contributed by atoms with Crippen LogP contribution in [0.1, 0.15) is 10.5 Å². The normalized spacial score (nSPS) is 12.6. The maximum Gasteiger partial charge on any atom is 0.358 e. The summed E-state index contributed by atoms with van der Waals surface area (Å²) < 4.78 is 2.83. The van der Waals surface area contributed by atoms with E-state index in [1.54, 1.807) is 17.8 Å². The highest BCUT2D eigenvalue weighted by atomic mass is 16.4. The Bertz CT molecular complexity index is 591. The number of carboxylic acid groups (broad SMARTS) is 1. The van der Waals surface area contributed by atoms with Crippen LogP contribution >= 0.6 is 0 Å². The van der Waals surface area contributed by atoms with Gasteiger partial charge in [-0.2, -0.15) is 0 Å². The predicted molar refractivity (Wildman–Crippen MR) is 62.3 cm³/mol. The van der Waals surface area contributed by atoms with Crippen molar-refractivity contribution in [2.45, 2.75) is 12.6 Å². The first-order chi connectivity index (χ1) is 9.04. The summed E-state index contributed by atoms with van der Waals surface area (Å²) in [6, 6.07) is 0. The van der Waals surface area contributed by atoms with Crippen molar-refractivity contribution in [2.75, 3.05) is 6.61 Å². The molecule has 0 radical (unpaired) electrons. The number of hydrogen-bond donors (Lipinski definition) is 3. The van der Waals surface area contributed by atoms with E-state index in [1.165, 1.54) is 10.9 Å². The average Bonchev–Trinajstić information content (AvgIpc) is 2.95. The molecule has 0 saturated heterocycles. The maximum absolute atomic E-state index is 11.1. The molecule has 2 heterocycles. The van der Waals surface area contributed by atoms with Crippen molar-refractivity contribution < 1.29 is 20.1 Å². The largest absolute Gasteiger partial charge is 0.476 e. The van der Waals surface area contributed by atoms with Crippen molar-refractivity contribution in [3.63, 3.8) is 0 Å². The zero-order valence-electron chi connectivity index (χ0n) is 10.1. The third-order valence-corrected chi connectivity index (χ3v) is 2.57. The van der Waals surface area contributed by atoms with Gasteiger partial charge in [0.2, 0.25) is 5.69 Å². The molecule has 102 valence electrons. The molecule has 0 bridgehead atoms. The third kappa shape index (κ3) is 2.46. The molecule has 9 nitrogen and oxygen atoms in total. The summed E-state index contributed by atoms with van der Waals surface area (Å²) in [6.07, 6.45) is 2.11. The van der Waals surface area contributed by atoms with Gasteiger partial charge in [0.05, 0.1) is 19.3 Å². The first-order valence-corrected chi connectivity index (χ1v) is 5.48. The van der Waals surface area contributed by atoms with Crippen molar-refractivity contribution in [3.8, 4) is 11.5 Å². The van der Waals surface area contributed by atoms with Crippen molar-refractivity contribution in [1.82, 2.24) is 24.5 Å². The molecule has 0 aromatic carbocycles. The van der Waals surface area contributed by atoms with Gasteiger partial charge in [0.25, 0.3) is 0 Å². The Hall–Kier alpha value is -2.26. The topological polar surface area (TPSA) is 126 Å². The van der Waals surface area contributed by atoms with Crippen molar-refractivity contribution >= 4 is 5.97 Å². The van der Waals surface area contributed by atoms with Gasteiger partial charge in [-0.1, -0.05) is 5.21 Å². The molecule has 2 aromatic heterocycles. The van der Waals surface area contributed by atoms with E-state index in [4.69, 9.17) is 10.2 Å². The lowest BCUT2D eigenvalue weighted by atomic mass is 10.3. The minimum absolute atomic E-state index is 0.0705. The number of hydrogen-bond acceptors (Lipinski definition) is 6. The van der Waals surface area contributed by atoms with Gasteiger partial charge in [-0.25, -0.2) is 14.5 Å². The Balaban J connectivity index is 2.51. The van der Waals surface area contributed by atoms with E-state index in [2.05, 4.69) is 15.3 Å². The molecule has 2 rings (SSSR count). The summed E-state index contributed by atoms with van der Waals surface area (Å²) in [6.45, 7) is -0.527. The minimum atomic E-state index is -1.23. The Labute approximate surface area is 107 Å². The number of rotatable bonds is 5. The smallest absolute Gasteiger partial charge is 0.358 e. The molecule has 0 aliphatic carbocycles. The molecular formula is C10H13N5O4. The summed E-state index contributed by atoms with van der Waals surface area (Å²) in [4.78, 5) is 15.2. The summed E-state index contributed by atoms with van der Waals surface area (Å²) >= 11 is 0. The fourth-order valence-corrected chi connectivity index (χ4v) is 1.66. The number of aliphatic hydroxyl groups excluding tert-OH is 2. The number of aromatic nitrogens is 5. The molecule has 0 spiro atoms. The van der Waals surface area contributed by atoms with Crippen molar-refractivity contribution in [2.24, 2.45) is 7.05 Å². The van der Waals surface area contributed by atoms with Crippen LogP contribution in [0.15, 0.2) is 12.4 Å². The molecule has 19 heavy (non-hydrogen) atoms. The molecular weight excluding hydrogens is 254 g/mol. The second-order valence-electron chi connectivity index (χ2n) is 3.97. The number of carboxylic acids is 1. The van der Waals surface area contributed by atoms with Crippen LogP contribution in [0.2, 0.25) is 0 Å². The molecule has 1 atom stereocenters. The molecule has 0 aliphatic heterocycles. The Morgan fingerprint density at radius 2 is 2.26 bits per heavy atom. The van der Waals surface area contributed by atoms with Gasteiger partial charge in [0.15, 0.2) is 5.82 Å². The first-order valence-electron chi connectivity index (χ1n) is 5.48. The van der Waals surface area contributed by atoms with Crippen molar-refractivity contribution in [1.29, 1.82) is 0 Å². The van der Waals surface area contributed by atoms with Crippen LogP contribution in [0, 0.1) is 0 Å². The lowest BCUT2D eigenvalue weighted by Gasteiger charge is -2.10. The highest BCUT2D eigenvalue weighted by Gasteiger charge is 2.24. The molecule has 9 heteroatoms. The summed E-state index contributed by atoms with van der Waals surface area (Å²) in [5, 5.41) is 34.6. The highest BCUT2D eigenvalue weighted by Crippen LogP contribution is 2.20. The van der Waals surface area contributed by atoms with Gasteiger partial charge >= 0.3 is 5.97 Å². The number of nitrogens with zero attached hydrogens (tertiary/aromatic N) is 5. The van der Waals surface area contributed by atoms with E-state index in [0.29, 0.717) is 5.82 Å². The van der Waals surface area contributed by atoms with Gasteiger partial charge in [-0.05, 0) is 0 Å². The van der Waals surface area contributed by atoms with Crippen LogP contribution < -0.4 is 0 Å². The van der Waals surface area contributed by atoms with Gasteiger partial charge in [-0.15, -0.1) is 5.10 Å². The number of aryl methyl sites for hydroxylation is 1.